The van der Waals surface area contributed by atoms with E-state index in [-0.39, 0.29) is 6.09 Å². The van der Waals surface area contributed by atoms with Crippen LogP contribution in [-0.4, -0.2) is 29.3 Å². The molecule has 0 spiro atoms. The summed E-state index contributed by atoms with van der Waals surface area (Å²) in [6.45, 7) is 9.46. The lowest BCUT2D eigenvalue weighted by atomic mass is 9.85. The summed E-state index contributed by atoms with van der Waals surface area (Å²) in [5, 5.41) is 9.37. The molecule has 5 heteroatoms. The second kappa shape index (κ2) is 5.87. The maximum atomic E-state index is 12.5. The van der Waals surface area contributed by atoms with Crippen molar-refractivity contribution in [1.82, 2.24) is 0 Å². The Labute approximate surface area is 137 Å². The summed E-state index contributed by atoms with van der Waals surface area (Å²) in [5.74, 6) is -0.850. The first-order chi connectivity index (χ1) is 10.5. The van der Waals surface area contributed by atoms with Gasteiger partial charge in [0.25, 0.3) is 0 Å². The lowest BCUT2D eigenvalue weighted by Crippen LogP contribution is -2.36. The van der Waals surface area contributed by atoms with E-state index in [1.807, 2.05) is 39.0 Å². The van der Waals surface area contributed by atoms with Crippen LogP contribution >= 0.6 is 0 Å². The minimum absolute atomic E-state index is 0.366. The first-order valence-corrected chi connectivity index (χ1v) is 7.86. The van der Waals surface area contributed by atoms with Crippen molar-refractivity contribution in [3.63, 3.8) is 0 Å². The molecule has 1 aromatic rings. The molecule has 1 aromatic carbocycles. The molecule has 1 aliphatic rings. The molecule has 0 aromatic heterocycles. The van der Waals surface area contributed by atoms with E-state index >= 15 is 0 Å². The first kappa shape index (κ1) is 17.3. The number of carbonyl (C=O) groups is 2. The van der Waals surface area contributed by atoms with Crippen molar-refractivity contribution in [2.24, 2.45) is 5.41 Å². The number of carboxylic acids is 1. The average Bonchev–Trinajstić information content (AvgIpc) is 2.81. The molecule has 0 saturated carbocycles. The largest absolute Gasteiger partial charge is 0.481 e. The Balaban J connectivity index is 2.34. The zero-order chi connectivity index (χ0) is 17.4. The van der Waals surface area contributed by atoms with E-state index in [4.69, 9.17) is 4.74 Å². The highest BCUT2D eigenvalue weighted by Crippen LogP contribution is 2.36. The van der Waals surface area contributed by atoms with Crippen LogP contribution in [-0.2, 0) is 22.4 Å². The summed E-state index contributed by atoms with van der Waals surface area (Å²) in [7, 11) is 0. The van der Waals surface area contributed by atoms with Crippen molar-refractivity contribution >= 4 is 17.7 Å². The van der Waals surface area contributed by atoms with Crippen LogP contribution < -0.4 is 4.90 Å². The number of rotatable bonds is 3. The van der Waals surface area contributed by atoms with Gasteiger partial charge in [-0.15, -0.1) is 0 Å². The molecule has 0 fully saturated rings. The van der Waals surface area contributed by atoms with E-state index in [2.05, 4.69) is 0 Å². The number of fused-ring (bicyclic) bond motifs is 1. The van der Waals surface area contributed by atoms with Crippen LogP contribution in [0.4, 0.5) is 10.5 Å². The molecule has 0 atom stereocenters. The van der Waals surface area contributed by atoms with Gasteiger partial charge in [0.1, 0.15) is 5.60 Å². The van der Waals surface area contributed by atoms with Crippen molar-refractivity contribution in [2.75, 3.05) is 11.4 Å². The highest BCUT2D eigenvalue weighted by molar-refractivity contribution is 5.92. The quantitative estimate of drug-likeness (QED) is 0.923. The number of para-hydroxylation sites is 1. The number of ether oxygens (including phenoxy) is 1. The third-order valence-corrected chi connectivity index (χ3v) is 3.90. The molecule has 0 unspecified atom stereocenters. The SMILES string of the molecule is CC(C)(C)OC(=O)N1CCc2cccc(CC(C)(C)C(=O)O)c21. The molecule has 1 N–H and O–H groups in total. The molecule has 0 saturated heterocycles. The summed E-state index contributed by atoms with van der Waals surface area (Å²) in [6, 6.07) is 5.80. The van der Waals surface area contributed by atoms with E-state index in [9.17, 15) is 14.7 Å². The first-order valence-electron chi connectivity index (χ1n) is 7.86. The maximum absolute atomic E-state index is 12.5. The average molecular weight is 319 g/mol. The minimum Gasteiger partial charge on any atom is -0.481 e. The fraction of sp³-hybridized carbons (Fsp3) is 0.556. The molecular weight excluding hydrogens is 294 g/mol. The lowest BCUT2D eigenvalue weighted by molar-refractivity contribution is -0.146. The van der Waals surface area contributed by atoms with Crippen LogP contribution in [0.15, 0.2) is 18.2 Å². The van der Waals surface area contributed by atoms with Crippen LogP contribution in [0.25, 0.3) is 0 Å². The fourth-order valence-electron chi connectivity index (χ4n) is 2.73. The van der Waals surface area contributed by atoms with Crippen LogP contribution in [0, 0.1) is 5.41 Å². The number of carboxylic acid groups (broad SMARTS) is 1. The van der Waals surface area contributed by atoms with Gasteiger partial charge >= 0.3 is 12.1 Å². The highest BCUT2D eigenvalue weighted by Gasteiger charge is 2.34. The number of hydrogen-bond donors (Lipinski definition) is 1. The third kappa shape index (κ3) is 3.84. The second-order valence-corrected chi connectivity index (χ2v) is 7.67. The van der Waals surface area contributed by atoms with Gasteiger partial charge in [-0.3, -0.25) is 9.69 Å². The number of aliphatic carboxylic acids is 1. The van der Waals surface area contributed by atoms with Gasteiger partial charge in [0.2, 0.25) is 0 Å². The second-order valence-electron chi connectivity index (χ2n) is 7.67. The van der Waals surface area contributed by atoms with Crippen LogP contribution in [0.1, 0.15) is 45.7 Å². The number of benzene rings is 1. The summed E-state index contributed by atoms with van der Waals surface area (Å²) >= 11 is 0. The van der Waals surface area contributed by atoms with Crippen molar-refractivity contribution in [3.8, 4) is 0 Å². The summed E-state index contributed by atoms with van der Waals surface area (Å²) in [4.78, 5) is 25.5. The van der Waals surface area contributed by atoms with E-state index in [0.29, 0.717) is 13.0 Å². The van der Waals surface area contributed by atoms with Gasteiger partial charge in [-0.25, -0.2) is 4.79 Å². The van der Waals surface area contributed by atoms with Gasteiger partial charge in [0.05, 0.1) is 11.1 Å². The number of anilines is 1. The Morgan fingerprint density at radius 3 is 2.43 bits per heavy atom. The van der Waals surface area contributed by atoms with Crippen LogP contribution in [0.2, 0.25) is 0 Å². The van der Waals surface area contributed by atoms with E-state index in [1.165, 1.54) is 0 Å². The Morgan fingerprint density at radius 1 is 1.22 bits per heavy atom. The number of amides is 1. The van der Waals surface area contributed by atoms with E-state index < -0.39 is 17.0 Å². The van der Waals surface area contributed by atoms with E-state index in [1.54, 1.807) is 18.7 Å². The van der Waals surface area contributed by atoms with Gasteiger partial charge in [-0.05, 0) is 58.6 Å². The fourth-order valence-corrected chi connectivity index (χ4v) is 2.73. The van der Waals surface area contributed by atoms with Crippen molar-refractivity contribution in [1.29, 1.82) is 0 Å². The number of carbonyl (C=O) groups excluding carboxylic acids is 1. The van der Waals surface area contributed by atoms with Gasteiger partial charge in [-0.1, -0.05) is 18.2 Å². The van der Waals surface area contributed by atoms with Crippen molar-refractivity contribution < 1.29 is 19.4 Å². The smallest absolute Gasteiger partial charge is 0.414 e. The Bertz CT molecular complexity index is 628. The molecule has 0 bridgehead atoms. The Morgan fingerprint density at radius 2 is 1.87 bits per heavy atom. The standard InChI is InChI=1S/C18H25NO4/c1-17(2,3)23-16(22)19-10-9-12-7-6-8-13(14(12)19)11-18(4,5)15(20)21/h6-8H,9-11H2,1-5H3,(H,20,21). The molecule has 5 nitrogen and oxygen atoms in total. The summed E-state index contributed by atoms with van der Waals surface area (Å²) < 4.78 is 5.48. The van der Waals surface area contributed by atoms with E-state index in [0.717, 1.165) is 23.2 Å². The highest BCUT2D eigenvalue weighted by atomic mass is 16.6. The molecule has 1 amide bonds. The molecule has 1 heterocycles. The van der Waals surface area contributed by atoms with Gasteiger partial charge in [0.15, 0.2) is 0 Å². The normalized spacial score (nSPS) is 14.6. The molecule has 0 aliphatic carbocycles. The molecular formula is C18H25NO4. The molecule has 23 heavy (non-hydrogen) atoms. The Hall–Kier alpha value is -2.04. The Kier molecular flexibility index (Phi) is 4.42. The summed E-state index contributed by atoms with van der Waals surface area (Å²) in [6.07, 6.45) is 0.748. The molecule has 0 radical (unpaired) electrons. The monoisotopic (exact) mass is 319 g/mol. The topological polar surface area (TPSA) is 66.8 Å². The maximum Gasteiger partial charge on any atom is 0.414 e. The molecule has 2 rings (SSSR count). The van der Waals surface area contributed by atoms with Gasteiger partial charge in [-0.2, -0.15) is 0 Å². The lowest BCUT2D eigenvalue weighted by Gasteiger charge is -2.27. The molecule has 126 valence electrons. The van der Waals surface area contributed by atoms with Crippen LogP contribution in [0.5, 0.6) is 0 Å². The number of hydrogen-bond acceptors (Lipinski definition) is 3. The summed E-state index contributed by atoms with van der Waals surface area (Å²) in [5.41, 5.74) is 1.30. The minimum atomic E-state index is -0.892. The molecule has 1 aliphatic heterocycles. The zero-order valence-corrected chi connectivity index (χ0v) is 14.5. The predicted octanol–water partition coefficient (Wildman–Crippen LogP) is 3.64. The van der Waals surface area contributed by atoms with Gasteiger partial charge < -0.3 is 9.84 Å². The zero-order valence-electron chi connectivity index (χ0n) is 14.5. The van der Waals surface area contributed by atoms with Crippen molar-refractivity contribution in [3.05, 3.63) is 29.3 Å². The predicted molar refractivity (Wildman–Crippen MR) is 88.8 cm³/mol. The van der Waals surface area contributed by atoms with Gasteiger partial charge in [0, 0.05) is 6.54 Å². The number of nitrogens with zero attached hydrogens (tertiary/aromatic N) is 1. The van der Waals surface area contributed by atoms with Crippen molar-refractivity contribution in [2.45, 2.75) is 53.1 Å². The third-order valence-electron chi connectivity index (χ3n) is 3.90. The van der Waals surface area contributed by atoms with Crippen LogP contribution in [0.3, 0.4) is 0 Å².